The Kier molecular flexibility index (Phi) is 3.97. The fraction of sp³-hybridized carbons (Fsp3) is 0.364. The monoisotopic (exact) mass is 209 g/mol. The molecule has 0 heterocycles. The molecule has 0 unspecified atom stereocenters. The molecular weight excluding hydrogens is 194 g/mol. The Bertz CT molecular complexity index is 350. The maximum Gasteiger partial charge on any atom is 0.341 e. The number of benzene rings is 1. The molecule has 0 bridgehead atoms. The molecule has 4 heteroatoms. The minimum atomic E-state index is -0.534. The minimum Gasteiger partial charge on any atom is -0.505 e. The van der Waals surface area contributed by atoms with E-state index < -0.39 is 5.97 Å². The average molecular weight is 209 g/mol. The highest BCUT2D eigenvalue weighted by molar-refractivity contribution is 5.94. The van der Waals surface area contributed by atoms with Gasteiger partial charge in [0.15, 0.2) is 5.75 Å². The third kappa shape index (κ3) is 2.87. The lowest BCUT2D eigenvalue weighted by atomic mass is 10.2. The number of aromatic hydroxyl groups is 1. The SMILES string of the molecule is CCCCOC(=O)c1cccc(N)c1O. The Morgan fingerprint density at radius 3 is 2.93 bits per heavy atom. The van der Waals surface area contributed by atoms with Crippen LogP contribution in [0, 0.1) is 0 Å². The molecule has 0 saturated carbocycles. The number of hydrogen-bond donors (Lipinski definition) is 2. The van der Waals surface area contributed by atoms with E-state index in [0.717, 1.165) is 12.8 Å². The van der Waals surface area contributed by atoms with Crippen molar-refractivity contribution in [2.45, 2.75) is 19.8 Å². The van der Waals surface area contributed by atoms with E-state index in [2.05, 4.69) is 0 Å². The second-order valence-electron chi connectivity index (χ2n) is 3.23. The highest BCUT2D eigenvalue weighted by atomic mass is 16.5. The van der Waals surface area contributed by atoms with Crippen molar-refractivity contribution >= 4 is 11.7 Å². The maximum atomic E-state index is 11.5. The second kappa shape index (κ2) is 5.24. The van der Waals surface area contributed by atoms with Gasteiger partial charge in [0.25, 0.3) is 0 Å². The summed E-state index contributed by atoms with van der Waals surface area (Å²) >= 11 is 0. The number of esters is 1. The molecule has 0 fully saturated rings. The Morgan fingerprint density at radius 1 is 1.53 bits per heavy atom. The van der Waals surface area contributed by atoms with E-state index in [1.165, 1.54) is 12.1 Å². The topological polar surface area (TPSA) is 72.5 Å². The molecule has 0 saturated heterocycles. The Balaban J connectivity index is 2.69. The van der Waals surface area contributed by atoms with Crippen LogP contribution in [-0.2, 0) is 4.74 Å². The van der Waals surface area contributed by atoms with Crippen molar-refractivity contribution in [2.75, 3.05) is 12.3 Å². The smallest absolute Gasteiger partial charge is 0.341 e. The zero-order valence-corrected chi connectivity index (χ0v) is 8.69. The molecule has 0 aliphatic carbocycles. The summed E-state index contributed by atoms with van der Waals surface area (Å²) in [5.74, 6) is -0.743. The van der Waals surface area contributed by atoms with Gasteiger partial charge in [-0.1, -0.05) is 19.4 Å². The lowest BCUT2D eigenvalue weighted by molar-refractivity contribution is 0.0496. The van der Waals surface area contributed by atoms with Crippen LogP contribution < -0.4 is 5.73 Å². The Hall–Kier alpha value is -1.71. The standard InChI is InChI=1S/C11H15NO3/c1-2-3-7-15-11(14)8-5-4-6-9(12)10(8)13/h4-6,13H,2-3,7,12H2,1H3. The van der Waals surface area contributed by atoms with Crippen LogP contribution in [0.3, 0.4) is 0 Å². The second-order valence-corrected chi connectivity index (χ2v) is 3.23. The van der Waals surface area contributed by atoms with Crippen molar-refractivity contribution in [3.63, 3.8) is 0 Å². The van der Waals surface area contributed by atoms with E-state index in [1.54, 1.807) is 6.07 Å². The first-order valence-corrected chi connectivity index (χ1v) is 4.91. The normalized spacial score (nSPS) is 9.93. The van der Waals surface area contributed by atoms with Gasteiger partial charge in [-0.25, -0.2) is 4.79 Å². The van der Waals surface area contributed by atoms with Gasteiger partial charge in [-0.3, -0.25) is 0 Å². The zero-order chi connectivity index (χ0) is 11.3. The van der Waals surface area contributed by atoms with Crippen LogP contribution in [0.2, 0.25) is 0 Å². The summed E-state index contributed by atoms with van der Waals surface area (Å²) in [6.07, 6.45) is 1.77. The van der Waals surface area contributed by atoms with Gasteiger partial charge in [-0.15, -0.1) is 0 Å². The molecule has 1 aromatic carbocycles. The molecule has 4 nitrogen and oxygen atoms in total. The highest BCUT2D eigenvalue weighted by Gasteiger charge is 2.13. The van der Waals surface area contributed by atoms with E-state index in [4.69, 9.17) is 10.5 Å². The number of para-hydroxylation sites is 1. The summed E-state index contributed by atoms with van der Waals surface area (Å²) in [6.45, 7) is 2.37. The first-order valence-electron chi connectivity index (χ1n) is 4.91. The number of anilines is 1. The van der Waals surface area contributed by atoms with Gasteiger partial charge < -0.3 is 15.6 Å². The van der Waals surface area contributed by atoms with Crippen molar-refractivity contribution in [3.8, 4) is 5.75 Å². The molecule has 0 radical (unpaired) electrons. The number of nitrogens with two attached hydrogens (primary N) is 1. The molecule has 3 N–H and O–H groups in total. The Labute approximate surface area is 88.7 Å². The molecular formula is C11H15NO3. The molecule has 82 valence electrons. The van der Waals surface area contributed by atoms with Crippen LogP contribution in [-0.4, -0.2) is 17.7 Å². The number of rotatable bonds is 4. The van der Waals surface area contributed by atoms with Crippen LogP contribution >= 0.6 is 0 Å². The highest BCUT2D eigenvalue weighted by Crippen LogP contribution is 2.24. The number of carbonyl (C=O) groups is 1. The molecule has 0 atom stereocenters. The van der Waals surface area contributed by atoms with Crippen LogP contribution in [0.1, 0.15) is 30.1 Å². The van der Waals surface area contributed by atoms with Crippen molar-refractivity contribution in [2.24, 2.45) is 0 Å². The third-order valence-corrected chi connectivity index (χ3v) is 2.02. The molecule has 0 aliphatic heterocycles. The van der Waals surface area contributed by atoms with Gasteiger partial charge in [-0.2, -0.15) is 0 Å². The summed E-state index contributed by atoms with van der Waals surface area (Å²) in [7, 11) is 0. The van der Waals surface area contributed by atoms with Crippen LogP contribution in [0.5, 0.6) is 5.75 Å². The fourth-order valence-corrected chi connectivity index (χ4v) is 1.11. The molecule has 15 heavy (non-hydrogen) atoms. The van der Waals surface area contributed by atoms with Crippen molar-refractivity contribution in [1.29, 1.82) is 0 Å². The number of carbonyl (C=O) groups excluding carboxylic acids is 1. The lowest BCUT2D eigenvalue weighted by Gasteiger charge is -2.06. The van der Waals surface area contributed by atoms with E-state index in [0.29, 0.717) is 6.61 Å². The minimum absolute atomic E-state index is 0.117. The van der Waals surface area contributed by atoms with Crippen molar-refractivity contribution in [1.82, 2.24) is 0 Å². The van der Waals surface area contributed by atoms with E-state index in [1.807, 2.05) is 6.92 Å². The number of unbranched alkanes of at least 4 members (excludes halogenated alkanes) is 1. The molecule has 0 aromatic heterocycles. The molecule has 1 aromatic rings. The van der Waals surface area contributed by atoms with Gasteiger partial charge in [0.2, 0.25) is 0 Å². The summed E-state index contributed by atoms with van der Waals surface area (Å²) in [4.78, 5) is 11.5. The summed E-state index contributed by atoms with van der Waals surface area (Å²) in [5.41, 5.74) is 5.75. The quantitative estimate of drug-likeness (QED) is 0.344. The van der Waals surface area contributed by atoms with Gasteiger partial charge in [0.05, 0.1) is 12.3 Å². The summed E-state index contributed by atoms with van der Waals surface area (Å²) in [6, 6.07) is 4.61. The van der Waals surface area contributed by atoms with Crippen LogP contribution in [0.15, 0.2) is 18.2 Å². The molecule has 0 spiro atoms. The molecule has 1 rings (SSSR count). The van der Waals surface area contributed by atoms with Crippen molar-refractivity contribution in [3.05, 3.63) is 23.8 Å². The number of phenols is 1. The van der Waals surface area contributed by atoms with Gasteiger partial charge >= 0.3 is 5.97 Å². The lowest BCUT2D eigenvalue weighted by Crippen LogP contribution is -2.07. The van der Waals surface area contributed by atoms with E-state index in [-0.39, 0.29) is 17.0 Å². The Morgan fingerprint density at radius 2 is 2.27 bits per heavy atom. The van der Waals surface area contributed by atoms with Gasteiger partial charge in [0.1, 0.15) is 5.56 Å². The third-order valence-electron chi connectivity index (χ3n) is 2.02. The first kappa shape index (κ1) is 11.4. The summed E-state index contributed by atoms with van der Waals surface area (Å²) < 4.78 is 4.95. The van der Waals surface area contributed by atoms with Crippen molar-refractivity contribution < 1.29 is 14.6 Å². The van der Waals surface area contributed by atoms with Crippen LogP contribution in [0.4, 0.5) is 5.69 Å². The molecule has 0 aliphatic rings. The summed E-state index contributed by atoms with van der Waals surface area (Å²) in [5, 5.41) is 9.50. The van der Waals surface area contributed by atoms with Crippen LogP contribution in [0.25, 0.3) is 0 Å². The van der Waals surface area contributed by atoms with E-state index in [9.17, 15) is 9.90 Å². The predicted octanol–water partition coefficient (Wildman–Crippen LogP) is 1.93. The average Bonchev–Trinajstić information content (AvgIpc) is 2.22. The fourth-order valence-electron chi connectivity index (χ4n) is 1.11. The number of phenolic OH excluding ortho intramolecular Hbond substituents is 1. The number of nitrogen functional groups attached to an aromatic ring is 1. The number of hydrogen-bond acceptors (Lipinski definition) is 4. The van der Waals surface area contributed by atoms with Gasteiger partial charge in [-0.05, 0) is 18.6 Å². The largest absolute Gasteiger partial charge is 0.505 e. The maximum absolute atomic E-state index is 11.5. The number of ether oxygens (including phenoxy) is 1. The van der Waals surface area contributed by atoms with E-state index >= 15 is 0 Å². The zero-order valence-electron chi connectivity index (χ0n) is 8.69. The molecule has 0 amide bonds. The van der Waals surface area contributed by atoms with Gasteiger partial charge in [0, 0.05) is 0 Å². The predicted molar refractivity (Wildman–Crippen MR) is 57.7 cm³/mol. The first-order chi connectivity index (χ1) is 7.16.